The van der Waals surface area contributed by atoms with Crippen LogP contribution < -0.4 is 15.8 Å². The topological polar surface area (TPSA) is 78.1 Å². The van der Waals surface area contributed by atoms with Crippen molar-refractivity contribution in [3.8, 4) is 11.1 Å². The van der Waals surface area contributed by atoms with Crippen LogP contribution in [0.15, 0.2) is 34.4 Å². The SMILES string of the molecule is Cc1ccc(-c2csc3c(=O)[nH]c(N4CCCC(C(=O)NC5CCCC5)C4)nc23)cc1. The van der Waals surface area contributed by atoms with Crippen LogP contribution in [0.3, 0.4) is 0 Å². The van der Waals surface area contributed by atoms with Gasteiger partial charge in [-0.15, -0.1) is 11.3 Å². The van der Waals surface area contributed by atoms with Crippen molar-refractivity contribution in [3.63, 3.8) is 0 Å². The number of anilines is 1. The highest BCUT2D eigenvalue weighted by Gasteiger charge is 2.29. The van der Waals surface area contributed by atoms with E-state index in [-0.39, 0.29) is 17.4 Å². The van der Waals surface area contributed by atoms with Gasteiger partial charge in [0.25, 0.3) is 5.56 Å². The van der Waals surface area contributed by atoms with Crippen molar-refractivity contribution in [1.29, 1.82) is 0 Å². The third kappa shape index (κ3) is 4.11. The highest BCUT2D eigenvalue weighted by molar-refractivity contribution is 7.17. The van der Waals surface area contributed by atoms with Gasteiger partial charge in [-0.1, -0.05) is 42.7 Å². The zero-order valence-electron chi connectivity index (χ0n) is 17.8. The highest BCUT2D eigenvalue weighted by Crippen LogP contribution is 2.32. The number of carbonyl (C=O) groups is 1. The van der Waals surface area contributed by atoms with E-state index in [1.54, 1.807) is 0 Å². The predicted octanol–water partition coefficient (Wildman–Crippen LogP) is 4.24. The minimum atomic E-state index is -0.110. The summed E-state index contributed by atoms with van der Waals surface area (Å²) in [6, 6.07) is 8.63. The number of nitrogens with zero attached hydrogens (tertiary/aromatic N) is 2. The summed E-state index contributed by atoms with van der Waals surface area (Å²) in [5.74, 6) is 0.660. The molecule has 1 atom stereocenters. The lowest BCUT2D eigenvalue weighted by Crippen LogP contribution is -2.46. The average Bonchev–Trinajstić information content (AvgIpc) is 3.44. The summed E-state index contributed by atoms with van der Waals surface area (Å²) in [5, 5.41) is 5.25. The molecule has 1 unspecified atom stereocenters. The average molecular weight is 437 g/mol. The Morgan fingerprint density at radius 2 is 1.94 bits per heavy atom. The highest BCUT2D eigenvalue weighted by atomic mass is 32.1. The van der Waals surface area contributed by atoms with E-state index in [0.717, 1.165) is 48.9 Å². The molecule has 7 heteroatoms. The molecule has 1 aliphatic carbocycles. The normalized spacial score (nSPS) is 19.8. The number of benzene rings is 1. The molecule has 5 rings (SSSR count). The van der Waals surface area contributed by atoms with Gasteiger partial charge in [0, 0.05) is 30.1 Å². The summed E-state index contributed by atoms with van der Waals surface area (Å²) in [7, 11) is 0. The lowest BCUT2D eigenvalue weighted by Gasteiger charge is -2.33. The fourth-order valence-electron chi connectivity index (χ4n) is 4.78. The van der Waals surface area contributed by atoms with Gasteiger partial charge >= 0.3 is 0 Å². The molecule has 2 aliphatic rings. The molecule has 2 N–H and O–H groups in total. The summed E-state index contributed by atoms with van der Waals surface area (Å²) >= 11 is 1.43. The van der Waals surface area contributed by atoms with Crippen LogP contribution in [0.25, 0.3) is 21.3 Å². The van der Waals surface area contributed by atoms with Crippen LogP contribution in [0.1, 0.15) is 44.1 Å². The number of fused-ring (bicyclic) bond motifs is 1. The molecule has 6 nitrogen and oxygen atoms in total. The molecule has 1 saturated carbocycles. The number of aromatic amines is 1. The van der Waals surface area contributed by atoms with Crippen LogP contribution in [0.5, 0.6) is 0 Å². The molecule has 0 bridgehead atoms. The quantitative estimate of drug-likeness (QED) is 0.641. The zero-order valence-corrected chi connectivity index (χ0v) is 18.6. The maximum Gasteiger partial charge on any atom is 0.270 e. The molecular weight excluding hydrogens is 408 g/mol. The minimum Gasteiger partial charge on any atom is -0.353 e. The van der Waals surface area contributed by atoms with Gasteiger partial charge in [-0.2, -0.15) is 0 Å². The van der Waals surface area contributed by atoms with Crippen LogP contribution in [-0.4, -0.2) is 35.0 Å². The van der Waals surface area contributed by atoms with Crippen LogP contribution in [-0.2, 0) is 4.79 Å². The maximum atomic E-state index is 12.8. The summed E-state index contributed by atoms with van der Waals surface area (Å²) in [6.45, 7) is 3.45. The fraction of sp³-hybridized carbons (Fsp3) is 0.458. The zero-order chi connectivity index (χ0) is 21.4. The number of H-pyrrole nitrogens is 1. The molecule has 31 heavy (non-hydrogen) atoms. The first-order valence-corrected chi connectivity index (χ1v) is 12.1. The maximum absolute atomic E-state index is 12.8. The lowest BCUT2D eigenvalue weighted by atomic mass is 9.97. The van der Waals surface area contributed by atoms with E-state index in [1.807, 2.05) is 5.38 Å². The summed E-state index contributed by atoms with van der Waals surface area (Å²) < 4.78 is 0.645. The van der Waals surface area contributed by atoms with Gasteiger partial charge in [0.1, 0.15) is 4.70 Å². The van der Waals surface area contributed by atoms with Crippen molar-refractivity contribution in [1.82, 2.24) is 15.3 Å². The number of hydrogen-bond donors (Lipinski definition) is 2. The molecule has 1 amide bonds. The molecule has 1 aliphatic heterocycles. The second-order valence-electron chi connectivity index (χ2n) is 8.86. The summed E-state index contributed by atoms with van der Waals surface area (Å²) in [4.78, 5) is 35.5. The van der Waals surface area contributed by atoms with E-state index >= 15 is 0 Å². The van der Waals surface area contributed by atoms with Crippen LogP contribution in [0, 0.1) is 12.8 Å². The molecule has 0 spiro atoms. The first-order chi connectivity index (χ1) is 15.1. The first-order valence-electron chi connectivity index (χ1n) is 11.2. The first kappa shape index (κ1) is 20.2. The Hall–Kier alpha value is -2.67. The predicted molar refractivity (Wildman–Crippen MR) is 126 cm³/mol. The monoisotopic (exact) mass is 436 g/mol. The minimum absolute atomic E-state index is 0.0607. The molecule has 0 radical (unpaired) electrons. The van der Waals surface area contributed by atoms with E-state index in [9.17, 15) is 9.59 Å². The van der Waals surface area contributed by atoms with Gasteiger partial charge in [-0.3, -0.25) is 14.6 Å². The van der Waals surface area contributed by atoms with Gasteiger partial charge in [0.2, 0.25) is 11.9 Å². The molecule has 2 aromatic heterocycles. The van der Waals surface area contributed by atoms with Gasteiger partial charge in [0.15, 0.2) is 0 Å². The van der Waals surface area contributed by atoms with Crippen molar-refractivity contribution >= 4 is 33.4 Å². The van der Waals surface area contributed by atoms with Crippen molar-refractivity contribution in [3.05, 3.63) is 45.6 Å². The Kier molecular flexibility index (Phi) is 5.52. The number of nitrogens with one attached hydrogen (secondary N) is 2. The van der Waals surface area contributed by atoms with Crippen molar-refractivity contribution in [2.45, 2.75) is 51.5 Å². The molecule has 1 aromatic carbocycles. The second-order valence-corrected chi connectivity index (χ2v) is 9.74. The number of hydrogen-bond acceptors (Lipinski definition) is 5. The fourth-order valence-corrected chi connectivity index (χ4v) is 5.69. The number of carbonyl (C=O) groups excluding carboxylic acids is 1. The third-order valence-corrected chi connectivity index (χ3v) is 7.54. The van der Waals surface area contributed by atoms with Crippen molar-refractivity contribution < 1.29 is 4.79 Å². The smallest absolute Gasteiger partial charge is 0.270 e. The lowest BCUT2D eigenvalue weighted by molar-refractivity contribution is -0.125. The number of aromatic nitrogens is 2. The Bertz CT molecular complexity index is 1140. The largest absolute Gasteiger partial charge is 0.353 e. The number of thiophene rings is 1. The van der Waals surface area contributed by atoms with E-state index in [0.29, 0.717) is 23.2 Å². The Labute approximate surface area is 185 Å². The van der Waals surface area contributed by atoms with Crippen molar-refractivity contribution in [2.75, 3.05) is 18.0 Å². The van der Waals surface area contributed by atoms with Crippen molar-refractivity contribution in [2.24, 2.45) is 5.92 Å². The molecule has 1 saturated heterocycles. The molecular formula is C24H28N4O2S. The van der Waals surface area contributed by atoms with Gasteiger partial charge in [-0.05, 0) is 38.2 Å². The number of piperidine rings is 1. The van der Waals surface area contributed by atoms with Gasteiger partial charge < -0.3 is 10.2 Å². The molecule has 162 valence electrons. The molecule has 3 aromatic rings. The standard InChI is InChI=1S/C24H28N4O2S/c1-15-8-10-16(11-9-15)19-14-31-21-20(19)26-24(27-23(21)30)28-12-4-5-17(13-28)22(29)25-18-6-2-3-7-18/h8-11,14,17-18H,2-7,12-13H2,1H3,(H,25,29)(H,26,27,30). The van der Waals surface area contributed by atoms with Crippen LogP contribution in [0.4, 0.5) is 5.95 Å². The summed E-state index contributed by atoms with van der Waals surface area (Å²) in [5.41, 5.74) is 3.88. The number of rotatable bonds is 4. The van der Waals surface area contributed by atoms with E-state index in [1.165, 1.54) is 29.7 Å². The number of aryl methyl sites for hydroxylation is 1. The van der Waals surface area contributed by atoms with Crippen LogP contribution in [0.2, 0.25) is 0 Å². The Morgan fingerprint density at radius 3 is 2.71 bits per heavy atom. The van der Waals surface area contributed by atoms with E-state index in [4.69, 9.17) is 4.98 Å². The van der Waals surface area contributed by atoms with Crippen LogP contribution >= 0.6 is 11.3 Å². The number of amides is 1. The Morgan fingerprint density at radius 1 is 1.16 bits per heavy atom. The van der Waals surface area contributed by atoms with E-state index < -0.39 is 0 Å². The van der Waals surface area contributed by atoms with E-state index in [2.05, 4.69) is 46.4 Å². The second kappa shape index (κ2) is 8.46. The summed E-state index contributed by atoms with van der Waals surface area (Å²) in [6.07, 6.45) is 6.39. The molecule has 2 fully saturated rings. The third-order valence-electron chi connectivity index (χ3n) is 6.57. The van der Waals surface area contributed by atoms with Gasteiger partial charge in [-0.25, -0.2) is 4.98 Å². The molecule has 3 heterocycles. The Balaban J connectivity index is 1.41. The van der Waals surface area contributed by atoms with Gasteiger partial charge in [0.05, 0.1) is 11.4 Å².